The normalized spacial score (nSPS) is 10.5. The van der Waals surface area contributed by atoms with Gasteiger partial charge in [-0.25, -0.2) is 23.7 Å². The highest BCUT2D eigenvalue weighted by Crippen LogP contribution is 2.26. The number of nitrogens with one attached hydrogen (secondary N) is 3. The van der Waals surface area contributed by atoms with Crippen molar-refractivity contribution in [1.29, 1.82) is 0 Å². The lowest BCUT2D eigenvalue weighted by Gasteiger charge is -2.12. The molecule has 0 aliphatic rings. The number of carbonyl (C=O) groups is 1. The van der Waals surface area contributed by atoms with E-state index < -0.39 is 34.7 Å². The van der Waals surface area contributed by atoms with Crippen molar-refractivity contribution in [2.45, 2.75) is 6.92 Å². The molecule has 0 atom stereocenters. The number of carbonyl (C=O) groups excluding carboxylic acids is 1. The van der Waals surface area contributed by atoms with E-state index in [2.05, 4.69) is 35.6 Å². The quantitative estimate of drug-likeness (QED) is 0.371. The zero-order chi connectivity index (χ0) is 22.4. The third kappa shape index (κ3) is 5.38. The van der Waals surface area contributed by atoms with E-state index in [0.717, 1.165) is 7.11 Å². The zero-order valence-electron chi connectivity index (χ0n) is 16.7. The van der Waals surface area contributed by atoms with Crippen LogP contribution in [-0.2, 0) is 0 Å². The summed E-state index contributed by atoms with van der Waals surface area (Å²) in [4.78, 5) is 24.8. The number of methoxy groups -OCH3 is 1. The first-order valence-electron chi connectivity index (χ1n) is 9.16. The molecule has 3 rings (SSSR count). The fraction of sp³-hybridized carbons (Fsp3) is 0.200. The third-order valence-electron chi connectivity index (χ3n) is 4.04. The maximum absolute atomic E-state index is 14.2. The second-order valence-electron chi connectivity index (χ2n) is 6.28. The van der Waals surface area contributed by atoms with Crippen LogP contribution in [0.15, 0.2) is 36.5 Å². The van der Waals surface area contributed by atoms with Crippen LogP contribution in [0, 0.1) is 24.4 Å². The molecule has 0 spiro atoms. The van der Waals surface area contributed by atoms with Gasteiger partial charge in [-0.05, 0) is 25.1 Å². The van der Waals surface area contributed by atoms with Gasteiger partial charge < -0.3 is 20.7 Å². The van der Waals surface area contributed by atoms with Gasteiger partial charge in [-0.15, -0.1) is 0 Å². The van der Waals surface area contributed by atoms with Crippen molar-refractivity contribution in [2.24, 2.45) is 0 Å². The van der Waals surface area contributed by atoms with Gasteiger partial charge in [0.1, 0.15) is 23.3 Å². The Morgan fingerprint density at radius 1 is 1.03 bits per heavy atom. The molecule has 8 nitrogen and oxygen atoms in total. The van der Waals surface area contributed by atoms with Gasteiger partial charge >= 0.3 is 0 Å². The van der Waals surface area contributed by atoms with E-state index in [9.17, 15) is 18.0 Å². The maximum Gasteiger partial charge on any atom is 0.254 e. The Labute approximate surface area is 175 Å². The van der Waals surface area contributed by atoms with Crippen molar-refractivity contribution in [1.82, 2.24) is 20.3 Å². The molecule has 0 fully saturated rings. The molecule has 0 aliphatic carbocycles. The molecule has 0 unspecified atom stereocenters. The first kappa shape index (κ1) is 21.8. The monoisotopic (exact) mass is 432 g/mol. The number of benzene rings is 1. The summed E-state index contributed by atoms with van der Waals surface area (Å²) < 4.78 is 45.7. The fourth-order valence-electron chi connectivity index (χ4n) is 2.68. The first-order chi connectivity index (χ1) is 14.9. The average molecular weight is 432 g/mol. The van der Waals surface area contributed by atoms with E-state index in [-0.39, 0.29) is 13.1 Å². The highest BCUT2D eigenvalue weighted by Gasteiger charge is 2.23. The van der Waals surface area contributed by atoms with Crippen LogP contribution in [0.1, 0.15) is 16.2 Å². The van der Waals surface area contributed by atoms with Crippen LogP contribution in [0.5, 0.6) is 5.75 Å². The minimum atomic E-state index is -1.49. The summed E-state index contributed by atoms with van der Waals surface area (Å²) in [7, 11) is 0.979. The molecule has 11 heteroatoms. The minimum absolute atomic E-state index is 0.0611. The van der Waals surface area contributed by atoms with Crippen LogP contribution in [0.25, 0.3) is 0 Å². The molecule has 0 aliphatic heterocycles. The number of halogens is 3. The number of hydrogen-bond donors (Lipinski definition) is 3. The predicted octanol–water partition coefficient (Wildman–Crippen LogP) is 3.19. The van der Waals surface area contributed by atoms with Crippen LogP contribution >= 0.6 is 0 Å². The lowest BCUT2D eigenvalue weighted by molar-refractivity contribution is 0.0949. The van der Waals surface area contributed by atoms with Gasteiger partial charge in [-0.3, -0.25) is 4.79 Å². The number of hydrogen-bond acceptors (Lipinski definition) is 7. The first-order valence-corrected chi connectivity index (χ1v) is 9.16. The number of pyridine rings is 1. The van der Waals surface area contributed by atoms with Crippen LogP contribution < -0.4 is 20.7 Å². The van der Waals surface area contributed by atoms with E-state index in [1.165, 1.54) is 0 Å². The van der Waals surface area contributed by atoms with Crippen molar-refractivity contribution >= 4 is 23.4 Å². The van der Waals surface area contributed by atoms with Gasteiger partial charge in [-0.1, -0.05) is 6.07 Å². The number of rotatable bonds is 8. The van der Waals surface area contributed by atoms with Gasteiger partial charge in [0.15, 0.2) is 17.4 Å². The van der Waals surface area contributed by atoms with Crippen LogP contribution in [0.2, 0.25) is 0 Å². The Morgan fingerprint density at radius 2 is 1.81 bits per heavy atom. The van der Waals surface area contributed by atoms with Crippen molar-refractivity contribution in [3.8, 4) is 5.75 Å². The second-order valence-corrected chi connectivity index (χ2v) is 6.28. The number of anilines is 3. The molecular formula is C20H19F3N6O2. The van der Waals surface area contributed by atoms with E-state index in [4.69, 9.17) is 0 Å². The molecule has 1 amide bonds. The van der Waals surface area contributed by atoms with E-state index in [1.807, 2.05) is 6.07 Å². The fourth-order valence-corrected chi connectivity index (χ4v) is 2.68. The Hall–Kier alpha value is -3.89. The summed E-state index contributed by atoms with van der Waals surface area (Å²) in [5.41, 5.74) is -0.657. The Bertz CT molecular complexity index is 1080. The van der Waals surface area contributed by atoms with Crippen LogP contribution in [0.3, 0.4) is 0 Å². The molecule has 0 radical (unpaired) electrons. The van der Waals surface area contributed by atoms with Crippen molar-refractivity contribution < 1.29 is 22.7 Å². The number of nitrogens with zero attached hydrogens (tertiary/aromatic N) is 3. The summed E-state index contributed by atoms with van der Waals surface area (Å²) >= 11 is 0. The molecular weight excluding hydrogens is 413 g/mol. The summed E-state index contributed by atoms with van der Waals surface area (Å²) in [5, 5.41) is 8.47. The molecule has 0 saturated heterocycles. The van der Waals surface area contributed by atoms with Gasteiger partial charge in [0.2, 0.25) is 5.82 Å². The van der Waals surface area contributed by atoms with Gasteiger partial charge in [0.05, 0.1) is 12.7 Å². The topological polar surface area (TPSA) is 101 Å². The third-order valence-corrected chi connectivity index (χ3v) is 4.04. The smallest absolute Gasteiger partial charge is 0.254 e. The van der Waals surface area contributed by atoms with E-state index in [0.29, 0.717) is 29.3 Å². The molecule has 2 aromatic heterocycles. The van der Waals surface area contributed by atoms with Gasteiger partial charge in [-0.2, -0.15) is 4.39 Å². The number of aryl methyl sites for hydroxylation is 1. The van der Waals surface area contributed by atoms with Crippen LogP contribution in [-0.4, -0.2) is 41.1 Å². The Morgan fingerprint density at radius 3 is 2.52 bits per heavy atom. The molecule has 31 heavy (non-hydrogen) atoms. The van der Waals surface area contributed by atoms with Crippen molar-refractivity contribution in [3.05, 3.63) is 65.4 Å². The van der Waals surface area contributed by atoms with Crippen molar-refractivity contribution in [2.75, 3.05) is 30.8 Å². The molecule has 3 N–H and O–H groups in total. The average Bonchev–Trinajstić information content (AvgIpc) is 2.74. The molecule has 0 saturated carbocycles. The summed E-state index contributed by atoms with van der Waals surface area (Å²) in [6.07, 6.45) is 1.64. The number of ether oxygens (including phenoxy) is 1. The summed E-state index contributed by atoms with van der Waals surface area (Å²) in [6, 6.07) is 7.55. The van der Waals surface area contributed by atoms with Gasteiger partial charge in [0.25, 0.3) is 5.91 Å². The maximum atomic E-state index is 14.2. The van der Waals surface area contributed by atoms with Gasteiger partial charge in [0, 0.05) is 25.4 Å². The Kier molecular flexibility index (Phi) is 6.85. The minimum Gasteiger partial charge on any atom is -0.491 e. The summed E-state index contributed by atoms with van der Waals surface area (Å²) in [6.45, 7) is 2.01. The van der Waals surface area contributed by atoms with E-state index >= 15 is 0 Å². The largest absolute Gasteiger partial charge is 0.491 e. The molecule has 1 aromatic carbocycles. The molecule has 3 aromatic rings. The standard InChI is InChI=1S/C20H19F3N6O2/c1-11-27-15(10-16(28-11)29-14-5-3-4-6-24-14)25-7-8-26-20(30)12-9-13(21)18(23)19(31-2)17(12)22/h3-6,9-10H,7-8H2,1-2H3,(H,26,30)(H2,24,25,27,28,29). The van der Waals surface area contributed by atoms with Crippen LogP contribution in [0.4, 0.5) is 30.6 Å². The van der Waals surface area contributed by atoms with Crippen molar-refractivity contribution in [3.63, 3.8) is 0 Å². The molecule has 0 bridgehead atoms. The number of amides is 1. The lowest BCUT2D eigenvalue weighted by atomic mass is 10.1. The predicted molar refractivity (Wildman–Crippen MR) is 108 cm³/mol. The molecule has 2 heterocycles. The highest BCUT2D eigenvalue weighted by atomic mass is 19.2. The summed E-state index contributed by atoms with van der Waals surface area (Å²) in [5.74, 6) is -3.89. The zero-order valence-corrected chi connectivity index (χ0v) is 16.7. The Balaban J connectivity index is 1.59. The SMILES string of the molecule is COc1c(F)c(F)cc(C(=O)NCCNc2cc(Nc3ccccn3)nc(C)n2)c1F. The second kappa shape index (κ2) is 9.74. The number of aromatic nitrogens is 3. The lowest BCUT2D eigenvalue weighted by Crippen LogP contribution is -2.30. The molecule has 162 valence electrons. The highest BCUT2D eigenvalue weighted by molar-refractivity contribution is 5.95. The van der Waals surface area contributed by atoms with E-state index in [1.54, 1.807) is 31.3 Å².